The Labute approximate surface area is 208 Å². The summed E-state index contributed by atoms with van der Waals surface area (Å²) in [6, 6.07) is 21.0. The second-order valence-corrected chi connectivity index (χ2v) is 8.21. The standard InChI is InChI=1S/C27H27N5O4/c1-3-36-19-14-12-18(13-15-19)28-26(34)21-9-5-7-11-23(21)30-25(33)17-32(2)16-24-29-22-10-6-4-8-20(22)27(35)31-24/h4-15H,3,16-17H2,1-2H3,(H,28,34)(H,30,33)(H,29,31,35). The first-order valence-corrected chi connectivity index (χ1v) is 11.5. The van der Waals surface area contributed by atoms with Crippen LogP contribution in [0.2, 0.25) is 0 Å². The third kappa shape index (κ3) is 6.13. The first kappa shape index (κ1) is 24.6. The Morgan fingerprint density at radius 1 is 0.972 bits per heavy atom. The van der Waals surface area contributed by atoms with Crippen molar-refractivity contribution in [3.05, 3.63) is 94.5 Å². The smallest absolute Gasteiger partial charge is 0.258 e. The highest BCUT2D eigenvalue weighted by Crippen LogP contribution is 2.20. The zero-order chi connectivity index (χ0) is 25.5. The molecule has 2 amide bonds. The van der Waals surface area contributed by atoms with E-state index in [1.165, 1.54) is 0 Å². The molecule has 0 aliphatic heterocycles. The highest BCUT2D eigenvalue weighted by atomic mass is 16.5. The number of nitrogens with one attached hydrogen (secondary N) is 3. The minimum absolute atomic E-state index is 0.0331. The molecule has 0 bridgehead atoms. The molecule has 4 aromatic rings. The van der Waals surface area contributed by atoms with E-state index in [1.807, 2.05) is 13.0 Å². The Hall–Kier alpha value is -4.50. The normalized spacial score (nSPS) is 10.9. The lowest BCUT2D eigenvalue weighted by atomic mass is 10.1. The van der Waals surface area contributed by atoms with Crippen molar-refractivity contribution in [2.24, 2.45) is 0 Å². The first-order valence-electron chi connectivity index (χ1n) is 11.5. The van der Waals surface area contributed by atoms with Crippen LogP contribution in [0.3, 0.4) is 0 Å². The summed E-state index contributed by atoms with van der Waals surface area (Å²) in [5.41, 5.74) is 1.73. The monoisotopic (exact) mass is 485 g/mol. The van der Waals surface area contributed by atoms with Crippen molar-refractivity contribution in [2.75, 3.05) is 30.8 Å². The number of benzene rings is 3. The second kappa shape index (κ2) is 11.3. The maximum atomic E-state index is 12.9. The number of anilines is 2. The average Bonchev–Trinajstić information content (AvgIpc) is 2.85. The van der Waals surface area contributed by atoms with E-state index in [4.69, 9.17) is 4.74 Å². The highest BCUT2D eigenvalue weighted by molar-refractivity contribution is 6.10. The molecule has 1 aromatic heterocycles. The number of aromatic amines is 1. The SMILES string of the molecule is CCOc1ccc(NC(=O)c2ccccc2NC(=O)CN(C)Cc2nc3ccccc3c(=O)[nH]2)cc1. The molecule has 0 aliphatic carbocycles. The number of aromatic nitrogens is 2. The van der Waals surface area contributed by atoms with E-state index in [9.17, 15) is 14.4 Å². The number of carbonyl (C=O) groups is 2. The first-order chi connectivity index (χ1) is 17.4. The molecule has 0 atom stereocenters. The maximum absolute atomic E-state index is 12.9. The second-order valence-electron chi connectivity index (χ2n) is 8.21. The van der Waals surface area contributed by atoms with Crippen molar-refractivity contribution in [2.45, 2.75) is 13.5 Å². The lowest BCUT2D eigenvalue weighted by molar-refractivity contribution is -0.117. The Morgan fingerprint density at radius 2 is 1.69 bits per heavy atom. The van der Waals surface area contributed by atoms with E-state index in [1.54, 1.807) is 78.7 Å². The minimum Gasteiger partial charge on any atom is -0.494 e. The van der Waals surface area contributed by atoms with E-state index in [2.05, 4.69) is 20.6 Å². The maximum Gasteiger partial charge on any atom is 0.258 e. The van der Waals surface area contributed by atoms with Gasteiger partial charge in [-0.15, -0.1) is 0 Å². The molecular weight excluding hydrogens is 458 g/mol. The summed E-state index contributed by atoms with van der Waals surface area (Å²) in [5.74, 6) is 0.530. The van der Waals surface area contributed by atoms with Crippen LogP contribution in [0.1, 0.15) is 23.1 Å². The Kier molecular flexibility index (Phi) is 7.72. The van der Waals surface area contributed by atoms with Crippen LogP contribution >= 0.6 is 0 Å². The van der Waals surface area contributed by atoms with E-state index in [0.717, 1.165) is 5.75 Å². The fourth-order valence-corrected chi connectivity index (χ4v) is 3.75. The number of likely N-dealkylation sites (N-methyl/N-ethyl adjacent to an activating group) is 1. The van der Waals surface area contributed by atoms with Crippen LogP contribution in [0.25, 0.3) is 10.9 Å². The third-order valence-electron chi connectivity index (χ3n) is 5.36. The zero-order valence-corrected chi connectivity index (χ0v) is 20.1. The fraction of sp³-hybridized carbons (Fsp3) is 0.185. The van der Waals surface area contributed by atoms with Gasteiger partial charge in [0.1, 0.15) is 11.6 Å². The van der Waals surface area contributed by atoms with Gasteiger partial charge in [0.05, 0.1) is 41.9 Å². The van der Waals surface area contributed by atoms with Gasteiger partial charge < -0.3 is 20.4 Å². The van der Waals surface area contributed by atoms with Crippen molar-refractivity contribution in [3.8, 4) is 5.75 Å². The van der Waals surface area contributed by atoms with Crippen molar-refractivity contribution in [1.82, 2.24) is 14.9 Å². The van der Waals surface area contributed by atoms with Crippen LogP contribution < -0.4 is 20.9 Å². The molecule has 0 spiro atoms. The number of nitrogens with zero attached hydrogens (tertiary/aromatic N) is 2. The summed E-state index contributed by atoms with van der Waals surface area (Å²) in [6.07, 6.45) is 0. The minimum atomic E-state index is -0.346. The zero-order valence-electron chi connectivity index (χ0n) is 20.1. The van der Waals surface area contributed by atoms with Gasteiger partial charge in [0, 0.05) is 5.69 Å². The molecule has 0 aliphatic rings. The molecule has 36 heavy (non-hydrogen) atoms. The lowest BCUT2D eigenvalue weighted by Gasteiger charge is -2.17. The molecule has 3 aromatic carbocycles. The van der Waals surface area contributed by atoms with Gasteiger partial charge in [0.15, 0.2) is 0 Å². The fourth-order valence-electron chi connectivity index (χ4n) is 3.75. The van der Waals surface area contributed by atoms with Crippen LogP contribution in [0, 0.1) is 0 Å². The predicted molar refractivity (Wildman–Crippen MR) is 139 cm³/mol. The number of hydrogen-bond donors (Lipinski definition) is 3. The number of H-pyrrole nitrogens is 1. The number of amides is 2. The number of fused-ring (bicyclic) bond motifs is 1. The van der Waals surface area contributed by atoms with E-state index in [-0.39, 0.29) is 30.5 Å². The van der Waals surface area contributed by atoms with Gasteiger partial charge in [0.25, 0.3) is 11.5 Å². The summed E-state index contributed by atoms with van der Waals surface area (Å²) in [5, 5.41) is 6.16. The predicted octanol–water partition coefficient (Wildman–Crippen LogP) is 3.64. The van der Waals surface area contributed by atoms with Crippen LogP contribution in [-0.2, 0) is 11.3 Å². The molecule has 0 saturated heterocycles. The molecule has 9 nitrogen and oxygen atoms in total. The Morgan fingerprint density at radius 3 is 2.47 bits per heavy atom. The quantitative estimate of drug-likeness (QED) is 0.333. The van der Waals surface area contributed by atoms with Gasteiger partial charge in [-0.2, -0.15) is 0 Å². The van der Waals surface area contributed by atoms with E-state index in [0.29, 0.717) is 40.3 Å². The largest absolute Gasteiger partial charge is 0.494 e. The molecule has 0 unspecified atom stereocenters. The summed E-state index contributed by atoms with van der Waals surface area (Å²) in [7, 11) is 1.75. The van der Waals surface area contributed by atoms with E-state index < -0.39 is 0 Å². The molecule has 0 radical (unpaired) electrons. The Bertz CT molecular complexity index is 1430. The molecule has 9 heteroatoms. The number of hydrogen-bond acceptors (Lipinski definition) is 6. The third-order valence-corrected chi connectivity index (χ3v) is 5.36. The number of para-hydroxylation sites is 2. The molecule has 0 fully saturated rings. The number of ether oxygens (including phenoxy) is 1. The van der Waals surface area contributed by atoms with E-state index >= 15 is 0 Å². The molecule has 3 N–H and O–H groups in total. The molecule has 0 saturated carbocycles. The van der Waals surface area contributed by atoms with Gasteiger partial charge in [0.2, 0.25) is 5.91 Å². The van der Waals surface area contributed by atoms with Gasteiger partial charge in [-0.3, -0.25) is 19.3 Å². The number of rotatable bonds is 9. The highest BCUT2D eigenvalue weighted by Gasteiger charge is 2.15. The van der Waals surface area contributed by atoms with Gasteiger partial charge in [-0.1, -0.05) is 24.3 Å². The van der Waals surface area contributed by atoms with Gasteiger partial charge in [-0.05, 0) is 62.5 Å². The van der Waals surface area contributed by atoms with Crippen molar-refractivity contribution in [3.63, 3.8) is 0 Å². The van der Waals surface area contributed by atoms with Crippen molar-refractivity contribution in [1.29, 1.82) is 0 Å². The van der Waals surface area contributed by atoms with Crippen LogP contribution in [-0.4, -0.2) is 46.9 Å². The lowest BCUT2D eigenvalue weighted by Crippen LogP contribution is -2.31. The van der Waals surface area contributed by atoms with Gasteiger partial charge in [-0.25, -0.2) is 4.98 Å². The van der Waals surface area contributed by atoms with Gasteiger partial charge >= 0.3 is 0 Å². The molecule has 184 valence electrons. The average molecular weight is 486 g/mol. The van der Waals surface area contributed by atoms with Crippen LogP contribution in [0.5, 0.6) is 5.75 Å². The van der Waals surface area contributed by atoms with Crippen molar-refractivity contribution < 1.29 is 14.3 Å². The van der Waals surface area contributed by atoms with Crippen LogP contribution in [0.15, 0.2) is 77.6 Å². The number of carbonyl (C=O) groups excluding carboxylic acids is 2. The van der Waals surface area contributed by atoms with Crippen LogP contribution in [0.4, 0.5) is 11.4 Å². The molecular formula is C27H27N5O4. The molecule has 1 heterocycles. The summed E-state index contributed by atoms with van der Waals surface area (Å²) >= 11 is 0. The summed E-state index contributed by atoms with van der Waals surface area (Å²) < 4.78 is 5.42. The summed E-state index contributed by atoms with van der Waals surface area (Å²) in [6.45, 7) is 2.77. The Balaban J connectivity index is 1.39. The topological polar surface area (TPSA) is 116 Å². The summed E-state index contributed by atoms with van der Waals surface area (Å²) in [4.78, 5) is 46.9. The molecule has 4 rings (SSSR count). The van der Waals surface area contributed by atoms with Crippen molar-refractivity contribution >= 4 is 34.1 Å².